The summed E-state index contributed by atoms with van der Waals surface area (Å²) in [5.74, 6) is -4.35. The Bertz CT molecular complexity index is 1130. The molecule has 14 heteroatoms. The highest BCUT2D eigenvalue weighted by molar-refractivity contribution is 5.96. The van der Waals surface area contributed by atoms with Crippen molar-refractivity contribution in [1.82, 2.24) is 31.2 Å². The number of hydrogen-bond acceptors (Lipinski definition) is 8. The van der Waals surface area contributed by atoms with Crippen LogP contribution in [0.2, 0.25) is 0 Å². The van der Waals surface area contributed by atoms with E-state index in [9.17, 15) is 34.2 Å². The average Bonchev–Trinajstić information content (AvgIpc) is 3.58. The molecule has 1 aromatic carbocycles. The predicted octanol–water partition coefficient (Wildman–Crippen LogP) is -1.93. The highest BCUT2D eigenvalue weighted by Crippen LogP contribution is 2.12. The lowest BCUT2D eigenvalue weighted by molar-refractivity contribution is -0.142. The minimum absolute atomic E-state index is 0.00520. The van der Waals surface area contributed by atoms with E-state index in [2.05, 4.69) is 31.2 Å². The van der Waals surface area contributed by atoms with Gasteiger partial charge in [0.2, 0.25) is 23.6 Å². The molecule has 204 valence electrons. The molecule has 1 aliphatic rings. The fourth-order valence-electron chi connectivity index (χ4n) is 4.03. The van der Waals surface area contributed by atoms with Gasteiger partial charge in [-0.1, -0.05) is 12.1 Å². The number of aliphatic carboxylic acids is 1. The first-order chi connectivity index (χ1) is 18.1. The molecule has 4 unspecified atom stereocenters. The molecule has 14 nitrogen and oxygen atoms in total. The molecule has 4 amide bonds. The van der Waals surface area contributed by atoms with Crippen LogP contribution in [0.15, 0.2) is 36.8 Å². The van der Waals surface area contributed by atoms with Crippen molar-refractivity contribution in [2.45, 2.75) is 56.3 Å². The summed E-state index contributed by atoms with van der Waals surface area (Å²) >= 11 is 0. The molecule has 2 aromatic rings. The van der Waals surface area contributed by atoms with Gasteiger partial charge >= 0.3 is 5.97 Å². The second-order valence-corrected chi connectivity index (χ2v) is 8.99. The number of nitrogens with one attached hydrogen (secondary N) is 5. The Labute approximate surface area is 217 Å². The number of phenolic OH excluding ortho intramolecular Hbond substituents is 1. The third-order valence-electron chi connectivity index (χ3n) is 6.02. The van der Waals surface area contributed by atoms with Crippen LogP contribution in [0.1, 0.15) is 30.5 Å². The number of phenols is 1. The van der Waals surface area contributed by atoms with Gasteiger partial charge in [-0.2, -0.15) is 0 Å². The van der Waals surface area contributed by atoms with Crippen LogP contribution in [0.5, 0.6) is 5.75 Å². The number of hydrogen-bond donors (Lipinski definition) is 8. The Balaban J connectivity index is 1.72. The molecule has 1 saturated heterocycles. The highest BCUT2D eigenvalue weighted by Gasteiger charge is 2.32. The third-order valence-corrected chi connectivity index (χ3v) is 6.02. The summed E-state index contributed by atoms with van der Waals surface area (Å²) in [6, 6.07) is 1.28. The smallest absolute Gasteiger partial charge is 0.326 e. The first-order valence-corrected chi connectivity index (χ1v) is 12.0. The molecule has 1 fully saturated rings. The van der Waals surface area contributed by atoms with Crippen LogP contribution in [-0.2, 0) is 36.8 Å². The van der Waals surface area contributed by atoms with E-state index in [4.69, 9.17) is 5.73 Å². The molecule has 0 radical (unpaired) electrons. The largest absolute Gasteiger partial charge is 0.508 e. The summed E-state index contributed by atoms with van der Waals surface area (Å²) in [4.78, 5) is 69.1. The summed E-state index contributed by atoms with van der Waals surface area (Å²) in [7, 11) is 0. The molecule has 38 heavy (non-hydrogen) atoms. The molecule has 4 atom stereocenters. The van der Waals surface area contributed by atoms with Gasteiger partial charge in [-0.05, 0) is 37.1 Å². The molecule has 3 rings (SSSR count). The Morgan fingerprint density at radius 3 is 2.26 bits per heavy atom. The number of carbonyl (C=O) groups is 5. The van der Waals surface area contributed by atoms with E-state index < -0.39 is 60.2 Å². The molecular weight excluding hydrogens is 498 g/mol. The number of amides is 4. The number of aromatic nitrogens is 2. The fourth-order valence-corrected chi connectivity index (χ4v) is 4.03. The number of H-pyrrole nitrogens is 1. The predicted molar refractivity (Wildman–Crippen MR) is 132 cm³/mol. The van der Waals surface area contributed by atoms with Gasteiger partial charge in [0.25, 0.3) is 0 Å². The maximum atomic E-state index is 13.2. The van der Waals surface area contributed by atoms with Gasteiger partial charge in [-0.15, -0.1) is 0 Å². The van der Waals surface area contributed by atoms with Crippen LogP contribution in [0.25, 0.3) is 0 Å². The van der Waals surface area contributed by atoms with Crippen LogP contribution in [0, 0.1) is 0 Å². The van der Waals surface area contributed by atoms with Gasteiger partial charge < -0.3 is 42.2 Å². The summed E-state index contributed by atoms with van der Waals surface area (Å²) in [6.45, 7) is 0.672. The Morgan fingerprint density at radius 2 is 1.68 bits per heavy atom. The number of aromatic amines is 1. The summed E-state index contributed by atoms with van der Waals surface area (Å²) < 4.78 is 0. The molecule has 0 bridgehead atoms. The van der Waals surface area contributed by atoms with E-state index in [0.717, 1.165) is 6.42 Å². The number of benzene rings is 1. The zero-order chi connectivity index (χ0) is 27.7. The van der Waals surface area contributed by atoms with Crippen molar-refractivity contribution in [1.29, 1.82) is 0 Å². The lowest BCUT2D eigenvalue weighted by Gasteiger charge is -2.24. The quantitative estimate of drug-likeness (QED) is 0.144. The number of imidazole rings is 1. The molecule has 0 spiro atoms. The van der Waals surface area contributed by atoms with E-state index in [1.165, 1.54) is 36.8 Å². The number of nitrogens with zero attached hydrogens (tertiary/aromatic N) is 1. The molecule has 1 aromatic heterocycles. The fraction of sp³-hybridized carbons (Fsp3) is 0.417. The topological polar surface area (TPSA) is 229 Å². The van der Waals surface area contributed by atoms with E-state index in [-0.39, 0.29) is 18.6 Å². The highest BCUT2D eigenvalue weighted by atomic mass is 16.4. The number of aromatic hydroxyl groups is 1. The van der Waals surface area contributed by atoms with Crippen LogP contribution in [-0.4, -0.2) is 80.5 Å². The van der Waals surface area contributed by atoms with Gasteiger partial charge in [0.15, 0.2) is 0 Å². The number of carboxylic acids is 1. The molecule has 0 saturated carbocycles. The Kier molecular flexibility index (Phi) is 9.76. The number of carbonyl (C=O) groups excluding carboxylic acids is 4. The number of carboxylic acid groups (broad SMARTS) is 1. The van der Waals surface area contributed by atoms with Crippen LogP contribution >= 0.6 is 0 Å². The monoisotopic (exact) mass is 529 g/mol. The summed E-state index contributed by atoms with van der Waals surface area (Å²) in [5, 5.41) is 29.5. The maximum Gasteiger partial charge on any atom is 0.326 e. The van der Waals surface area contributed by atoms with E-state index in [1.54, 1.807) is 0 Å². The van der Waals surface area contributed by atoms with E-state index in [0.29, 0.717) is 24.2 Å². The van der Waals surface area contributed by atoms with Crippen molar-refractivity contribution in [3.63, 3.8) is 0 Å². The van der Waals surface area contributed by atoms with Crippen LogP contribution < -0.4 is 27.0 Å². The van der Waals surface area contributed by atoms with Crippen LogP contribution in [0.3, 0.4) is 0 Å². The average molecular weight is 530 g/mol. The van der Waals surface area contributed by atoms with Gasteiger partial charge in [-0.3, -0.25) is 19.2 Å². The normalized spacial score (nSPS) is 17.1. The Morgan fingerprint density at radius 1 is 1.00 bits per heavy atom. The van der Waals surface area contributed by atoms with Crippen LogP contribution in [0.4, 0.5) is 0 Å². The standard InChI is InChI=1S/C24H31N7O7/c25-20(33)10-18(23(36)31-19(24(37)38)8-13-3-5-15(32)6-4-13)30-22(35)17(9-14-11-26-12-28-14)29-21(34)16-2-1-7-27-16/h3-6,11-12,16-19,27,32H,1-2,7-10H2,(H2,25,33)(H,26,28)(H,29,34)(H,30,35)(H,31,36)(H,37,38). The van der Waals surface area contributed by atoms with Gasteiger partial charge in [0.1, 0.15) is 23.9 Å². The zero-order valence-corrected chi connectivity index (χ0v) is 20.5. The second kappa shape index (κ2) is 13.2. The van der Waals surface area contributed by atoms with E-state index >= 15 is 0 Å². The Hall–Kier alpha value is -4.46. The zero-order valence-electron chi connectivity index (χ0n) is 20.5. The SMILES string of the molecule is NC(=O)CC(NC(=O)C(Cc1cnc[nH]1)NC(=O)C1CCCN1)C(=O)NC(Cc1ccc(O)cc1)C(=O)O. The first-order valence-electron chi connectivity index (χ1n) is 12.0. The molecular formula is C24H31N7O7. The van der Waals surface area contributed by atoms with E-state index in [1.807, 2.05) is 0 Å². The number of rotatable bonds is 13. The van der Waals surface area contributed by atoms with Crippen molar-refractivity contribution < 1.29 is 34.2 Å². The minimum atomic E-state index is -1.49. The maximum absolute atomic E-state index is 13.2. The third kappa shape index (κ3) is 8.30. The van der Waals surface area contributed by atoms with Crippen molar-refractivity contribution >= 4 is 29.6 Å². The molecule has 0 aliphatic carbocycles. The van der Waals surface area contributed by atoms with Gasteiger partial charge in [0, 0.05) is 24.7 Å². The van der Waals surface area contributed by atoms with Crippen molar-refractivity contribution in [3.8, 4) is 5.75 Å². The number of nitrogens with two attached hydrogens (primary N) is 1. The van der Waals surface area contributed by atoms with Crippen molar-refractivity contribution in [2.24, 2.45) is 5.73 Å². The van der Waals surface area contributed by atoms with Gasteiger partial charge in [-0.25, -0.2) is 9.78 Å². The van der Waals surface area contributed by atoms with Gasteiger partial charge in [0.05, 0.1) is 18.8 Å². The summed E-state index contributed by atoms with van der Waals surface area (Å²) in [6.07, 6.45) is 3.61. The van der Waals surface area contributed by atoms with Crippen molar-refractivity contribution in [2.75, 3.05) is 6.54 Å². The lowest BCUT2D eigenvalue weighted by atomic mass is 10.0. The minimum Gasteiger partial charge on any atom is -0.508 e. The number of primary amides is 1. The first kappa shape index (κ1) is 28.1. The molecule has 2 heterocycles. The summed E-state index contributed by atoms with van der Waals surface area (Å²) in [5.41, 5.74) is 6.35. The molecule has 9 N–H and O–H groups in total. The molecule has 1 aliphatic heterocycles. The lowest BCUT2D eigenvalue weighted by Crippen LogP contribution is -2.58. The van der Waals surface area contributed by atoms with Crippen molar-refractivity contribution in [3.05, 3.63) is 48.0 Å². The second-order valence-electron chi connectivity index (χ2n) is 8.99.